The van der Waals surface area contributed by atoms with Crippen molar-refractivity contribution in [2.75, 3.05) is 5.32 Å². The number of nitrogens with zero attached hydrogens (tertiary/aromatic N) is 1. The quantitative estimate of drug-likeness (QED) is 0.807. The summed E-state index contributed by atoms with van der Waals surface area (Å²) in [5.41, 5.74) is 0.0293. The van der Waals surface area contributed by atoms with Gasteiger partial charge in [0, 0.05) is 18.5 Å². The Bertz CT molecular complexity index is 689. The van der Waals surface area contributed by atoms with Crippen LogP contribution in [0.5, 0.6) is 0 Å². The molecule has 1 unspecified atom stereocenters. The average molecular weight is 348 g/mol. The van der Waals surface area contributed by atoms with E-state index in [1.54, 1.807) is 20.8 Å². The summed E-state index contributed by atoms with van der Waals surface area (Å²) in [5.74, 6) is -2.31. The van der Waals surface area contributed by atoms with Crippen LogP contribution in [0.4, 0.5) is 10.5 Å². The Kier molecular flexibility index (Phi) is 5.10. The Morgan fingerprint density at radius 1 is 1.12 bits per heavy atom. The molecule has 1 fully saturated rings. The smallest absolute Gasteiger partial charge is 0.412 e. The van der Waals surface area contributed by atoms with Gasteiger partial charge in [-0.15, -0.1) is 0 Å². The number of nitrogens with one attached hydrogen (secondary N) is 1. The van der Waals surface area contributed by atoms with E-state index in [4.69, 9.17) is 4.74 Å². The molecule has 134 valence electrons. The first-order valence-electron chi connectivity index (χ1n) is 7.76. The van der Waals surface area contributed by atoms with E-state index in [1.807, 2.05) is 0 Å². The highest BCUT2D eigenvalue weighted by atomic mass is 16.6. The summed E-state index contributed by atoms with van der Waals surface area (Å²) >= 11 is 0. The molecule has 2 rings (SSSR count). The molecule has 2 N–H and O–H groups in total. The summed E-state index contributed by atoms with van der Waals surface area (Å²) < 4.78 is 5.13. The van der Waals surface area contributed by atoms with Gasteiger partial charge >= 0.3 is 12.1 Å². The number of hydrogen-bond donors (Lipinski definition) is 2. The second-order valence-corrected chi connectivity index (χ2v) is 6.65. The minimum Gasteiger partial charge on any atom is -0.479 e. The third-order valence-electron chi connectivity index (χ3n) is 3.45. The zero-order chi connectivity index (χ0) is 18.8. The van der Waals surface area contributed by atoms with Crippen molar-refractivity contribution in [3.63, 3.8) is 0 Å². The average Bonchev–Trinajstić information content (AvgIpc) is 2.79. The molecule has 8 nitrogen and oxygen atoms in total. The van der Waals surface area contributed by atoms with Crippen LogP contribution in [0.25, 0.3) is 0 Å². The minimum atomic E-state index is -1.38. The summed E-state index contributed by atoms with van der Waals surface area (Å²) in [5, 5.41) is 12.0. The number of anilines is 1. The molecule has 0 aliphatic carbocycles. The van der Waals surface area contributed by atoms with Crippen molar-refractivity contribution in [2.24, 2.45) is 0 Å². The number of hydrogen-bond acceptors (Lipinski definition) is 5. The third kappa shape index (κ3) is 4.56. The van der Waals surface area contributed by atoms with Gasteiger partial charge in [0.25, 0.3) is 0 Å². The predicted molar refractivity (Wildman–Crippen MR) is 87.8 cm³/mol. The number of aliphatic carboxylic acids is 1. The number of imide groups is 1. The van der Waals surface area contributed by atoms with E-state index in [1.165, 1.54) is 24.3 Å². The minimum absolute atomic E-state index is 0.0148. The third-order valence-corrected chi connectivity index (χ3v) is 3.45. The van der Waals surface area contributed by atoms with Crippen LogP contribution in [0.1, 0.15) is 45.2 Å². The monoisotopic (exact) mass is 348 g/mol. The van der Waals surface area contributed by atoms with Gasteiger partial charge in [0.2, 0.25) is 11.8 Å². The second kappa shape index (κ2) is 6.92. The van der Waals surface area contributed by atoms with Crippen LogP contribution in [0.2, 0.25) is 0 Å². The number of carbonyl (C=O) groups excluding carboxylic acids is 3. The fraction of sp³-hybridized carbons (Fsp3) is 0.412. The maximum atomic E-state index is 11.8. The molecular weight excluding hydrogens is 328 g/mol. The number of amides is 3. The van der Waals surface area contributed by atoms with Crippen molar-refractivity contribution < 1.29 is 29.0 Å². The summed E-state index contributed by atoms with van der Waals surface area (Å²) in [6.07, 6.45) is -0.609. The summed E-state index contributed by atoms with van der Waals surface area (Å²) in [6, 6.07) is 4.49. The first kappa shape index (κ1) is 18.4. The van der Waals surface area contributed by atoms with Crippen molar-refractivity contribution in [1.29, 1.82) is 0 Å². The first-order valence-corrected chi connectivity index (χ1v) is 7.76. The van der Waals surface area contributed by atoms with Gasteiger partial charge in [-0.1, -0.05) is 12.1 Å². The van der Waals surface area contributed by atoms with Crippen LogP contribution in [-0.2, 0) is 19.1 Å². The number of carbonyl (C=O) groups is 4. The molecule has 1 aliphatic heterocycles. The van der Waals surface area contributed by atoms with Crippen LogP contribution in [-0.4, -0.2) is 39.5 Å². The van der Waals surface area contributed by atoms with Gasteiger partial charge in [-0.2, -0.15) is 0 Å². The molecule has 25 heavy (non-hydrogen) atoms. The molecule has 0 aromatic heterocycles. The van der Waals surface area contributed by atoms with Crippen LogP contribution in [0.15, 0.2) is 24.3 Å². The largest absolute Gasteiger partial charge is 0.479 e. The van der Waals surface area contributed by atoms with Gasteiger partial charge in [0.05, 0.1) is 0 Å². The van der Waals surface area contributed by atoms with Crippen LogP contribution < -0.4 is 5.32 Å². The highest BCUT2D eigenvalue weighted by Crippen LogP contribution is 2.28. The molecule has 1 atom stereocenters. The maximum absolute atomic E-state index is 11.8. The van der Waals surface area contributed by atoms with E-state index >= 15 is 0 Å². The molecule has 1 aromatic rings. The van der Waals surface area contributed by atoms with E-state index in [0.29, 0.717) is 5.69 Å². The van der Waals surface area contributed by atoms with Gasteiger partial charge in [-0.3, -0.25) is 19.8 Å². The van der Waals surface area contributed by atoms with Crippen LogP contribution >= 0.6 is 0 Å². The van der Waals surface area contributed by atoms with E-state index in [-0.39, 0.29) is 18.4 Å². The molecular formula is C17H20N2O6. The summed E-state index contributed by atoms with van der Waals surface area (Å²) in [4.78, 5) is 47.7. The highest BCUT2D eigenvalue weighted by molar-refractivity contribution is 6.05. The Morgan fingerprint density at radius 2 is 1.64 bits per heavy atom. The van der Waals surface area contributed by atoms with E-state index < -0.39 is 35.5 Å². The van der Waals surface area contributed by atoms with Crippen molar-refractivity contribution in [2.45, 2.75) is 45.3 Å². The molecule has 0 spiro atoms. The molecule has 0 bridgehead atoms. The van der Waals surface area contributed by atoms with Crippen molar-refractivity contribution in [3.05, 3.63) is 29.8 Å². The van der Waals surface area contributed by atoms with E-state index in [9.17, 15) is 24.3 Å². The lowest BCUT2D eigenvalue weighted by atomic mass is 10.1. The summed E-state index contributed by atoms with van der Waals surface area (Å²) in [6.45, 7) is 5.20. The number of benzene rings is 1. The van der Waals surface area contributed by atoms with E-state index in [2.05, 4.69) is 5.32 Å². The van der Waals surface area contributed by atoms with Crippen LogP contribution in [0, 0.1) is 0 Å². The summed E-state index contributed by atoms with van der Waals surface area (Å²) in [7, 11) is 0. The molecule has 1 aliphatic rings. The number of likely N-dealkylation sites (tertiary alicyclic amines) is 1. The molecule has 3 amide bonds. The Morgan fingerprint density at radius 3 is 2.08 bits per heavy atom. The standard InChI is InChI=1S/C17H20N2O6/c1-17(2,3)25-16(24)18-11-6-4-10(5-7-11)14(15(22)23)19-12(20)8-9-13(19)21/h4-7,14H,8-9H2,1-3H3,(H,18,24)(H,22,23). The number of carboxylic acids is 1. The molecule has 0 saturated carbocycles. The van der Waals surface area contributed by atoms with Gasteiger partial charge in [0.1, 0.15) is 5.60 Å². The fourth-order valence-corrected chi connectivity index (χ4v) is 2.45. The first-order chi connectivity index (χ1) is 11.6. The van der Waals surface area contributed by atoms with Crippen LogP contribution in [0.3, 0.4) is 0 Å². The number of ether oxygens (including phenoxy) is 1. The van der Waals surface area contributed by atoms with Crippen molar-refractivity contribution in [1.82, 2.24) is 4.90 Å². The molecule has 1 heterocycles. The van der Waals surface area contributed by atoms with Crippen molar-refractivity contribution >= 4 is 29.6 Å². The lowest BCUT2D eigenvalue weighted by Crippen LogP contribution is -2.38. The number of rotatable bonds is 4. The zero-order valence-corrected chi connectivity index (χ0v) is 14.2. The van der Waals surface area contributed by atoms with Gasteiger partial charge in [-0.05, 0) is 38.5 Å². The Hall–Kier alpha value is -2.90. The SMILES string of the molecule is CC(C)(C)OC(=O)Nc1ccc(C(C(=O)O)N2C(=O)CCC2=O)cc1. The molecule has 8 heteroatoms. The van der Waals surface area contributed by atoms with Gasteiger partial charge in [0.15, 0.2) is 6.04 Å². The Labute approximate surface area is 144 Å². The Balaban J connectivity index is 2.16. The molecule has 0 radical (unpaired) electrons. The zero-order valence-electron chi connectivity index (χ0n) is 14.2. The second-order valence-electron chi connectivity index (χ2n) is 6.65. The lowest BCUT2D eigenvalue weighted by molar-refractivity contribution is -0.154. The predicted octanol–water partition coefficient (Wildman–Crippen LogP) is 2.31. The van der Waals surface area contributed by atoms with E-state index in [0.717, 1.165) is 4.90 Å². The van der Waals surface area contributed by atoms with Crippen molar-refractivity contribution in [3.8, 4) is 0 Å². The molecule has 1 aromatic carbocycles. The normalized spacial score (nSPS) is 15.9. The molecule has 1 saturated heterocycles. The van der Waals surface area contributed by atoms with Gasteiger partial charge < -0.3 is 9.84 Å². The maximum Gasteiger partial charge on any atom is 0.412 e. The number of carboxylic acid groups (broad SMARTS) is 1. The topological polar surface area (TPSA) is 113 Å². The van der Waals surface area contributed by atoms with Gasteiger partial charge in [-0.25, -0.2) is 9.59 Å². The fourth-order valence-electron chi connectivity index (χ4n) is 2.45. The lowest BCUT2D eigenvalue weighted by Gasteiger charge is -2.23. The highest BCUT2D eigenvalue weighted by Gasteiger charge is 2.39.